The number of methoxy groups -OCH3 is 1. The van der Waals surface area contributed by atoms with Crippen LogP contribution in [0.15, 0.2) is 48.5 Å². The Morgan fingerprint density at radius 1 is 1.09 bits per heavy atom. The summed E-state index contributed by atoms with van der Waals surface area (Å²) in [5.74, 6) is -0.566. The Morgan fingerprint density at radius 2 is 1.76 bits per heavy atom. The number of anilines is 1. The SMILES string of the molecule is CCNC(=O)[C@H](C)N(Cc1cccc(OC)c1)C(=O)CN(c1cccc(C(C)=O)c1)S(C)(=O)=O. The lowest BCUT2D eigenvalue weighted by Gasteiger charge is -2.31. The normalized spacial score (nSPS) is 11.9. The molecule has 0 spiro atoms. The van der Waals surface area contributed by atoms with Crippen LogP contribution in [0.3, 0.4) is 0 Å². The molecule has 2 aromatic rings. The summed E-state index contributed by atoms with van der Waals surface area (Å²) in [7, 11) is -2.35. The predicted molar refractivity (Wildman–Crippen MR) is 130 cm³/mol. The van der Waals surface area contributed by atoms with E-state index in [0.717, 1.165) is 10.6 Å². The number of amides is 2. The molecule has 0 aromatic heterocycles. The molecule has 0 aliphatic rings. The maximum atomic E-state index is 13.4. The van der Waals surface area contributed by atoms with E-state index in [1.165, 1.54) is 31.1 Å². The molecule has 1 N–H and O–H groups in total. The molecule has 2 amide bonds. The number of nitrogens with one attached hydrogen (secondary N) is 1. The van der Waals surface area contributed by atoms with Crippen LogP contribution in [-0.4, -0.2) is 63.4 Å². The largest absolute Gasteiger partial charge is 0.497 e. The lowest BCUT2D eigenvalue weighted by molar-refractivity contribution is -0.139. The number of carbonyl (C=O) groups excluding carboxylic acids is 3. The van der Waals surface area contributed by atoms with Gasteiger partial charge in [0.05, 0.1) is 19.1 Å². The zero-order chi connectivity index (χ0) is 25.5. The van der Waals surface area contributed by atoms with E-state index >= 15 is 0 Å². The van der Waals surface area contributed by atoms with Gasteiger partial charge < -0.3 is 15.0 Å². The highest BCUT2D eigenvalue weighted by Gasteiger charge is 2.30. The van der Waals surface area contributed by atoms with Crippen LogP contribution in [0.25, 0.3) is 0 Å². The van der Waals surface area contributed by atoms with E-state index in [2.05, 4.69) is 5.32 Å². The fourth-order valence-corrected chi connectivity index (χ4v) is 4.21. The van der Waals surface area contributed by atoms with Crippen LogP contribution in [0.5, 0.6) is 5.75 Å². The summed E-state index contributed by atoms with van der Waals surface area (Å²) in [5, 5.41) is 2.70. The number of nitrogens with zero attached hydrogens (tertiary/aromatic N) is 2. The number of hydrogen-bond acceptors (Lipinski definition) is 6. The smallest absolute Gasteiger partial charge is 0.244 e. The lowest BCUT2D eigenvalue weighted by atomic mass is 10.1. The zero-order valence-electron chi connectivity index (χ0n) is 20.1. The molecule has 0 fully saturated rings. The standard InChI is InChI=1S/C24H31N3O6S/c1-6-25-24(30)17(2)26(15-19-9-7-12-22(13-19)33-4)23(29)16-27(34(5,31)32)21-11-8-10-20(14-21)18(3)28/h7-14,17H,6,15-16H2,1-5H3,(H,25,30)/t17-/m0/s1. The molecule has 0 saturated heterocycles. The van der Waals surface area contributed by atoms with Crippen LogP contribution in [0.2, 0.25) is 0 Å². The fraction of sp³-hybridized carbons (Fsp3) is 0.375. The third kappa shape index (κ3) is 7.05. The first-order valence-electron chi connectivity index (χ1n) is 10.8. The van der Waals surface area contributed by atoms with Gasteiger partial charge in [0.2, 0.25) is 21.8 Å². The number of sulfonamides is 1. The van der Waals surface area contributed by atoms with Crippen molar-refractivity contribution in [2.45, 2.75) is 33.4 Å². The molecule has 0 aliphatic carbocycles. The molecule has 0 radical (unpaired) electrons. The Kier molecular flexibility index (Phi) is 9.19. The monoisotopic (exact) mass is 489 g/mol. The van der Waals surface area contributed by atoms with Gasteiger partial charge in [0.1, 0.15) is 18.3 Å². The van der Waals surface area contributed by atoms with Crippen molar-refractivity contribution < 1.29 is 27.5 Å². The molecule has 2 aromatic carbocycles. The van der Waals surface area contributed by atoms with Gasteiger partial charge >= 0.3 is 0 Å². The van der Waals surface area contributed by atoms with Gasteiger partial charge in [-0.25, -0.2) is 8.42 Å². The first-order chi connectivity index (χ1) is 16.0. The Morgan fingerprint density at radius 3 is 2.35 bits per heavy atom. The molecule has 0 bridgehead atoms. The second-order valence-electron chi connectivity index (χ2n) is 7.82. The van der Waals surface area contributed by atoms with Crippen molar-refractivity contribution in [3.63, 3.8) is 0 Å². The maximum Gasteiger partial charge on any atom is 0.244 e. The molecule has 1 atom stereocenters. The van der Waals surface area contributed by atoms with Crippen molar-refractivity contribution in [1.82, 2.24) is 10.2 Å². The van der Waals surface area contributed by atoms with E-state index in [1.54, 1.807) is 50.2 Å². The first kappa shape index (κ1) is 26.8. The molecule has 0 aliphatic heterocycles. The highest BCUT2D eigenvalue weighted by molar-refractivity contribution is 7.92. The Bertz CT molecular complexity index is 1150. The van der Waals surface area contributed by atoms with Crippen LogP contribution in [0.4, 0.5) is 5.69 Å². The van der Waals surface area contributed by atoms with Crippen molar-refractivity contribution in [3.05, 3.63) is 59.7 Å². The topological polar surface area (TPSA) is 113 Å². The summed E-state index contributed by atoms with van der Waals surface area (Å²) in [6.45, 7) is 4.65. The van der Waals surface area contributed by atoms with Gasteiger partial charge in [0, 0.05) is 18.7 Å². The van der Waals surface area contributed by atoms with Gasteiger partial charge in [-0.15, -0.1) is 0 Å². The third-order valence-corrected chi connectivity index (χ3v) is 6.37. The molecule has 0 saturated carbocycles. The summed E-state index contributed by atoms with van der Waals surface area (Å²) in [6.07, 6.45) is 0.986. The summed E-state index contributed by atoms with van der Waals surface area (Å²) in [6, 6.07) is 12.3. The number of likely N-dealkylation sites (N-methyl/N-ethyl adjacent to an activating group) is 1. The third-order valence-electron chi connectivity index (χ3n) is 5.23. The van der Waals surface area contributed by atoms with Crippen LogP contribution in [0.1, 0.15) is 36.7 Å². The minimum atomic E-state index is -3.87. The van der Waals surface area contributed by atoms with Gasteiger partial charge in [-0.05, 0) is 50.6 Å². The average Bonchev–Trinajstić information content (AvgIpc) is 2.80. The summed E-state index contributed by atoms with van der Waals surface area (Å²) >= 11 is 0. The van der Waals surface area contributed by atoms with Crippen molar-refractivity contribution in [1.29, 1.82) is 0 Å². The van der Waals surface area contributed by atoms with Crippen molar-refractivity contribution in [2.75, 3.05) is 30.8 Å². The molecule has 184 valence electrons. The van der Waals surface area contributed by atoms with Crippen LogP contribution >= 0.6 is 0 Å². The molecule has 9 nitrogen and oxygen atoms in total. The minimum absolute atomic E-state index is 0.0689. The molecule has 10 heteroatoms. The number of rotatable bonds is 11. The van der Waals surface area contributed by atoms with Gasteiger partial charge in [-0.2, -0.15) is 0 Å². The number of ether oxygens (including phenoxy) is 1. The number of ketones is 1. The average molecular weight is 490 g/mol. The number of benzene rings is 2. The Labute approximate surface area is 200 Å². The number of carbonyl (C=O) groups is 3. The van der Waals surface area contributed by atoms with Crippen molar-refractivity contribution >= 4 is 33.3 Å². The second-order valence-corrected chi connectivity index (χ2v) is 9.73. The lowest BCUT2D eigenvalue weighted by Crippen LogP contribution is -2.51. The highest BCUT2D eigenvalue weighted by Crippen LogP contribution is 2.21. The summed E-state index contributed by atoms with van der Waals surface area (Å²) < 4.78 is 31.4. The molecule has 0 unspecified atom stereocenters. The molecular formula is C24H31N3O6S. The summed E-state index contributed by atoms with van der Waals surface area (Å²) in [4.78, 5) is 39.1. The van der Waals surface area contributed by atoms with E-state index in [4.69, 9.17) is 4.74 Å². The second kappa shape index (κ2) is 11.6. The molecule has 2 rings (SSSR count). The summed E-state index contributed by atoms with van der Waals surface area (Å²) in [5.41, 5.74) is 1.23. The molecule has 34 heavy (non-hydrogen) atoms. The first-order valence-corrected chi connectivity index (χ1v) is 12.6. The van der Waals surface area contributed by atoms with E-state index < -0.39 is 28.5 Å². The van der Waals surface area contributed by atoms with Crippen molar-refractivity contribution in [2.24, 2.45) is 0 Å². The molecule has 0 heterocycles. The van der Waals surface area contributed by atoms with Gasteiger partial charge in [0.25, 0.3) is 0 Å². The highest BCUT2D eigenvalue weighted by atomic mass is 32.2. The maximum absolute atomic E-state index is 13.4. The van der Waals surface area contributed by atoms with Gasteiger partial charge in [0.15, 0.2) is 5.78 Å². The van der Waals surface area contributed by atoms with Gasteiger partial charge in [-0.3, -0.25) is 18.7 Å². The van der Waals surface area contributed by atoms with E-state index in [0.29, 0.717) is 23.4 Å². The molecular weight excluding hydrogens is 458 g/mol. The number of Topliss-reactive ketones (excluding diaryl/α,β-unsaturated/α-hetero) is 1. The van der Waals surface area contributed by atoms with Crippen LogP contribution in [-0.2, 0) is 26.2 Å². The number of hydrogen-bond donors (Lipinski definition) is 1. The Balaban J connectivity index is 2.43. The quantitative estimate of drug-likeness (QED) is 0.484. The fourth-order valence-electron chi connectivity index (χ4n) is 3.37. The van der Waals surface area contributed by atoms with E-state index in [1.807, 2.05) is 0 Å². The van der Waals surface area contributed by atoms with Crippen molar-refractivity contribution in [3.8, 4) is 5.75 Å². The van der Waals surface area contributed by atoms with Crippen LogP contribution < -0.4 is 14.4 Å². The minimum Gasteiger partial charge on any atom is -0.497 e. The Hall–Kier alpha value is -3.40. The van der Waals surface area contributed by atoms with E-state index in [9.17, 15) is 22.8 Å². The predicted octanol–water partition coefficient (Wildman–Crippen LogP) is 2.22. The van der Waals surface area contributed by atoms with Crippen LogP contribution in [0, 0.1) is 0 Å². The zero-order valence-corrected chi connectivity index (χ0v) is 20.9. The van der Waals surface area contributed by atoms with E-state index in [-0.39, 0.29) is 23.9 Å². The van der Waals surface area contributed by atoms with Gasteiger partial charge in [-0.1, -0.05) is 24.3 Å².